The number of fused-ring (bicyclic) bond motifs is 1. The monoisotopic (exact) mass is 416 g/mol. The highest BCUT2D eigenvalue weighted by atomic mass is 32.2. The van der Waals surface area contributed by atoms with Crippen molar-refractivity contribution in [3.05, 3.63) is 69.6 Å². The zero-order valence-corrected chi connectivity index (χ0v) is 16.5. The fourth-order valence-corrected chi connectivity index (χ4v) is 3.52. The van der Waals surface area contributed by atoms with E-state index in [9.17, 15) is 23.1 Å². The van der Waals surface area contributed by atoms with Gasteiger partial charge in [0.25, 0.3) is 0 Å². The van der Waals surface area contributed by atoms with E-state index in [2.05, 4.69) is 5.32 Å². The lowest BCUT2D eigenvalue weighted by Crippen LogP contribution is -2.29. The number of benzene rings is 2. The van der Waals surface area contributed by atoms with E-state index >= 15 is 0 Å². The van der Waals surface area contributed by atoms with Crippen LogP contribution in [0, 0.1) is 6.92 Å². The number of carbonyl (C=O) groups is 1. The van der Waals surface area contributed by atoms with Crippen LogP contribution in [0.25, 0.3) is 11.0 Å². The first-order valence-electron chi connectivity index (χ1n) is 8.79. The Labute approximate surface area is 167 Å². The van der Waals surface area contributed by atoms with Crippen molar-refractivity contribution in [2.75, 3.05) is 6.54 Å². The molecule has 0 radical (unpaired) electrons. The quantitative estimate of drug-likeness (QED) is 0.518. The van der Waals surface area contributed by atoms with E-state index in [1.165, 1.54) is 24.3 Å². The summed E-state index contributed by atoms with van der Waals surface area (Å²) in [5.41, 5.74) is 1.37. The van der Waals surface area contributed by atoms with Gasteiger partial charge in [-0.15, -0.1) is 0 Å². The van der Waals surface area contributed by atoms with Crippen molar-refractivity contribution < 1.29 is 22.7 Å². The van der Waals surface area contributed by atoms with Gasteiger partial charge in [0.05, 0.1) is 16.9 Å². The molecule has 1 aromatic heterocycles. The molecule has 0 unspecified atom stereocenters. The molecule has 1 amide bonds. The second-order valence-corrected chi connectivity index (χ2v) is 8.20. The van der Waals surface area contributed by atoms with Gasteiger partial charge >= 0.3 is 5.63 Å². The average molecular weight is 416 g/mol. The molecule has 29 heavy (non-hydrogen) atoms. The summed E-state index contributed by atoms with van der Waals surface area (Å²) in [4.78, 5) is 24.5. The first-order valence-corrected chi connectivity index (χ1v) is 10.3. The number of hydrogen-bond acceptors (Lipinski definition) is 6. The molecule has 0 bridgehead atoms. The Morgan fingerprint density at radius 2 is 1.86 bits per heavy atom. The Bertz CT molecular complexity index is 1230. The molecule has 152 valence electrons. The van der Waals surface area contributed by atoms with E-state index in [-0.39, 0.29) is 34.1 Å². The normalized spacial score (nSPS) is 11.5. The summed E-state index contributed by atoms with van der Waals surface area (Å²) in [6.45, 7) is 2.05. The minimum Gasteiger partial charge on any atom is -0.508 e. The summed E-state index contributed by atoms with van der Waals surface area (Å²) in [7, 11) is -3.74. The van der Waals surface area contributed by atoms with E-state index in [1.54, 1.807) is 25.1 Å². The third-order valence-corrected chi connectivity index (χ3v) is 5.53. The van der Waals surface area contributed by atoms with Crippen molar-refractivity contribution in [3.8, 4) is 5.75 Å². The van der Waals surface area contributed by atoms with Crippen molar-refractivity contribution in [2.45, 2.75) is 24.7 Å². The minimum absolute atomic E-state index is 0.0114. The Balaban J connectivity index is 1.64. The fourth-order valence-electron chi connectivity index (χ4n) is 3.00. The van der Waals surface area contributed by atoms with Gasteiger partial charge in [-0.2, -0.15) is 0 Å². The van der Waals surface area contributed by atoms with E-state index < -0.39 is 15.6 Å². The molecule has 0 atom stereocenters. The number of rotatable bonds is 6. The van der Waals surface area contributed by atoms with Crippen LogP contribution >= 0.6 is 0 Å². The van der Waals surface area contributed by atoms with Crippen molar-refractivity contribution in [3.63, 3.8) is 0 Å². The molecule has 0 fully saturated rings. The van der Waals surface area contributed by atoms with Gasteiger partial charge in [-0.25, -0.2) is 18.4 Å². The molecule has 2 aromatic carbocycles. The fraction of sp³-hybridized carbons (Fsp3) is 0.200. The van der Waals surface area contributed by atoms with Crippen molar-refractivity contribution in [2.24, 2.45) is 5.14 Å². The molecule has 0 spiro atoms. The van der Waals surface area contributed by atoms with Crippen molar-refractivity contribution in [1.82, 2.24) is 5.32 Å². The molecule has 8 nitrogen and oxygen atoms in total. The van der Waals surface area contributed by atoms with E-state index in [0.29, 0.717) is 23.9 Å². The predicted molar refractivity (Wildman–Crippen MR) is 107 cm³/mol. The maximum atomic E-state index is 12.3. The molecule has 0 aliphatic heterocycles. The summed E-state index contributed by atoms with van der Waals surface area (Å²) < 4.78 is 27.7. The van der Waals surface area contributed by atoms with Gasteiger partial charge in [-0.05, 0) is 48.7 Å². The van der Waals surface area contributed by atoms with Gasteiger partial charge in [0, 0.05) is 18.0 Å². The van der Waals surface area contributed by atoms with Crippen LogP contribution in [0.15, 0.2) is 56.6 Å². The van der Waals surface area contributed by atoms with Crippen LogP contribution < -0.4 is 16.1 Å². The van der Waals surface area contributed by atoms with Crippen LogP contribution in [0.1, 0.15) is 16.7 Å². The molecular formula is C20H20N2O6S. The van der Waals surface area contributed by atoms with E-state index in [1.807, 2.05) is 0 Å². The summed E-state index contributed by atoms with van der Waals surface area (Å²) in [5.74, 6) is -0.345. The highest BCUT2D eigenvalue weighted by Crippen LogP contribution is 2.23. The number of sulfonamides is 1. The SMILES string of the molecule is Cc1c(CC(=O)NCCc2ccc(S(N)(=O)=O)cc2)c(=O)oc2cc(O)ccc12. The number of nitrogens with one attached hydrogen (secondary N) is 1. The van der Waals surface area contributed by atoms with E-state index in [0.717, 1.165) is 5.56 Å². The Morgan fingerprint density at radius 1 is 1.17 bits per heavy atom. The van der Waals surface area contributed by atoms with Gasteiger partial charge in [-0.3, -0.25) is 4.79 Å². The zero-order chi connectivity index (χ0) is 21.2. The van der Waals surface area contributed by atoms with Crippen LogP contribution in [-0.2, 0) is 27.7 Å². The van der Waals surface area contributed by atoms with Crippen LogP contribution in [0.2, 0.25) is 0 Å². The van der Waals surface area contributed by atoms with Gasteiger partial charge in [-0.1, -0.05) is 12.1 Å². The second-order valence-electron chi connectivity index (χ2n) is 6.64. The lowest BCUT2D eigenvalue weighted by atomic mass is 10.0. The standard InChI is InChI=1S/C20H20N2O6S/c1-12-16-7-4-14(23)10-18(16)28-20(25)17(12)11-19(24)22-9-8-13-2-5-15(6-3-13)29(21,26)27/h2-7,10,23H,8-9,11H2,1H3,(H,22,24)(H2,21,26,27). The molecule has 0 aliphatic rings. The average Bonchev–Trinajstić information content (AvgIpc) is 2.64. The number of phenols is 1. The third-order valence-electron chi connectivity index (χ3n) is 4.60. The molecule has 9 heteroatoms. The number of aryl methyl sites for hydroxylation is 1. The van der Waals surface area contributed by atoms with Crippen LogP contribution in [0.5, 0.6) is 5.75 Å². The maximum Gasteiger partial charge on any atom is 0.340 e. The maximum absolute atomic E-state index is 12.3. The third kappa shape index (κ3) is 4.82. The number of phenolic OH excluding ortho intramolecular Hbond substituents is 1. The number of aromatic hydroxyl groups is 1. The van der Waals surface area contributed by atoms with Gasteiger partial charge in [0.1, 0.15) is 11.3 Å². The van der Waals surface area contributed by atoms with Crippen molar-refractivity contribution in [1.29, 1.82) is 0 Å². The van der Waals surface area contributed by atoms with Crippen LogP contribution in [0.4, 0.5) is 0 Å². The molecule has 3 aromatic rings. The summed E-state index contributed by atoms with van der Waals surface area (Å²) in [6, 6.07) is 10.6. The summed E-state index contributed by atoms with van der Waals surface area (Å²) in [5, 5.41) is 18.0. The number of primary sulfonamides is 1. The molecule has 0 aliphatic carbocycles. The highest BCUT2D eigenvalue weighted by molar-refractivity contribution is 7.89. The second kappa shape index (κ2) is 8.06. The number of amides is 1. The lowest BCUT2D eigenvalue weighted by Gasteiger charge is -2.09. The topological polar surface area (TPSA) is 140 Å². The number of nitrogens with two attached hydrogens (primary N) is 1. The molecule has 0 saturated heterocycles. The van der Waals surface area contributed by atoms with Gasteiger partial charge < -0.3 is 14.8 Å². The Hall–Kier alpha value is -3.17. The molecule has 0 saturated carbocycles. The zero-order valence-electron chi connectivity index (χ0n) is 15.6. The minimum atomic E-state index is -3.74. The van der Waals surface area contributed by atoms with Crippen LogP contribution in [-0.4, -0.2) is 26.0 Å². The molecular weight excluding hydrogens is 396 g/mol. The molecule has 1 heterocycles. The first kappa shape index (κ1) is 20.6. The largest absolute Gasteiger partial charge is 0.508 e. The summed E-state index contributed by atoms with van der Waals surface area (Å²) in [6.07, 6.45) is 0.358. The van der Waals surface area contributed by atoms with Gasteiger partial charge in [0.2, 0.25) is 15.9 Å². The molecule has 4 N–H and O–H groups in total. The van der Waals surface area contributed by atoms with Crippen molar-refractivity contribution >= 4 is 26.9 Å². The smallest absolute Gasteiger partial charge is 0.340 e. The Morgan fingerprint density at radius 3 is 2.52 bits per heavy atom. The molecule has 3 rings (SSSR count). The number of hydrogen-bond donors (Lipinski definition) is 3. The predicted octanol–water partition coefficient (Wildman–Crippen LogP) is 1.36. The summed E-state index contributed by atoms with van der Waals surface area (Å²) >= 11 is 0. The van der Waals surface area contributed by atoms with Gasteiger partial charge in [0.15, 0.2) is 0 Å². The highest BCUT2D eigenvalue weighted by Gasteiger charge is 2.15. The van der Waals surface area contributed by atoms with Crippen LogP contribution in [0.3, 0.4) is 0 Å². The first-order chi connectivity index (χ1) is 13.6. The Kier molecular flexibility index (Phi) is 5.71. The van der Waals surface area contributed by atoms with E-state index in [4.69, 9.17) is 9.56 Å². The number of carbonyl (C=O) groups excluding carboxylic acids is 1. The lowest BCUT2D eigenvalue weighted by molar-refractivity contribution is -0.120.